The maximum Gasteiger partial charge on any atom is 0.256 e. The Bertz CT molecular complexity index is 796. The predicted octanol–water partition coefficient (Wildman–Crippen LogP) is 3.49. The summed E-state index contributed by atoms with van der Waals surface area (Å²) in [5.74, 6) is 1.33. The Hall–Kier alpha value is -1.74. The summed E-state index contributed by atoms with van der Waals surface area (Å²) >= 11 is 3.74. The van der Waals surface area contributed by atoms with E-state index >= 15 is 0 Å². The number of rotatable bonds is 3. The lowest BCUT2D eigenvalue weighted by Gasteiger charge is -2.11. The molecular weight excluding hydrogens is 399 g/mol. The highest BCUT2D eigenvalue weighted by Gasteiger charge is 2.13. The molecule has 0 fully saturated rings. The fraction of sp³-hybridized carbons (Fsp3) is 0.0714. The molecule has 1 amide bonds. The third-order valence-electron chi connectivity index (χ3n) is 2.92. The first kappa shape index (κ1) is 14.2. The number of carbonyl (C=O) groups is 1. The van der Waals surface area contributed by atoms with Crippen LogP contribution in [0.15, 0.2) is 42.2 Å². The molecule has 0 unspecified atom stereocenters. The van der Waals surface area contributed by atoms with Crippen molar-refractivity contribution >= 4 is 45.5 Å². The molecule has 5 nitrogen and oxygen atoms in total. The van der Waals surface area contributed by atoms with Gasteiger partial charge in [-0.15, -0.1) is 11.3 Å². The number of pyridine rings is 1. The lowest BCUT2D eigenvalue weighted by atomic mass is 10.3. The van der Waals surface area contributed by atoms with Gasteiger partial charge in [-0.3, -0.25) is 9.36 Å². The van der Waals surface area contributed by atoms with Gasteiger partial charge in [0, 0.05) is 24.0 Å². The summed E-state index contributed by atoms with van der Waals surface area (Å²) in [6.45, 7) is 1.89. The van der Waals surface area contributed by atoms with Crippen molar-refractivity contribution in [3.63, 3.8) is 0 Å². The summed E-state index contributed by atoms with van der Waals surface area (Å²) in [6.07, 6.45) is 5.22. The molecule has 1 N–H and O–H groups in total. The van der Waals surface area contributed by atoms with Gasteiger partial charge in [0.25, 0.3) is 5.91 Å². The first-order valence-corrected chi connectivity index (χ1v) is 8.12. The van der Waals surface area contributed by atoms with Crippen molar-refractivity contribution in [2.45, 2.75) is 6.92 Å². The van der Waals surface area contributed by atoms with Crippen molar-refractivity contribution in [3.8, 4) is 5.82 Å². The second-order valence-corrected chi connectivity index (χ2v) is 7.12. The number of carbonyl (C=O) groups excluding carboxylic acids is 1. The molecule has 0 aliphatic rings. The Morgan fingerprint density at radius 2 is 2.24 bits per heavy atom. The van der Waals surface area contributed by atoms with Crippen molar-refractivity contribution in [1.82, 2.24) is 14.5 Å². The zero-order valence-corrected chi connectivity index (χ0v) is 14.1. The number of imidazole rings is 1. The molecule has 0 saturated heterocycles. The predicted molar refractivity (Wildman–Crippen MR) is 91.1 cm³/mol. The molecule has 0 aliphatic heterocycles. The molecule has 3 rings (SSSR count). The van der Waals surface area contributed by atoms with E-state index in [0.717, 1.165) is 8.71 Å². The van der Waals surface area contributed by atoms with Crippen LogP contribution in [0.2, 0.25) is 0 Å². The van der Waals surface area contributed by atoms with E-state index in [2.05, 4.69) is 37.9 Å². The van der Waals surface area contributed by atoms with Crippen LogP contribution in [0.25, 0.3) is 5.82 Å². The number of nitrogens with one attached hydrogen (secondary N) is 1. The Morgan fingerprint density at radius 3 is 2.90 bits per heavy atom. The van der Waals surface area contributed by atoms with E-state index in [1.54, 1.807) is 29.8 Å². The number of amides is 1. The summed E-state index contributed by atoms with van der Waals surface area (Å²) < 4.78 is 2.92. The first-order valence-electron chi connectivity index (χ1n) is 6.16. The number of aryl methyl sites for hydroxylation is 1. The van der Waals surface area contributed by atoms with Crippen LogP contribution in [0, 0.1) is 9.81 Å². The summed E-state index contributed by atoms with van der Waals surface area (Å²) in [7, 11) is 0. The van der Waals surface area contributed by atoms with Gasteiger partial charge in [0.05, 0.1) is 14.1 Å². The van der Waals surface area contributed by atoms with Gasteiger partial charge < -0.3 is 5.32 Å². The lowest BCUT2D eigenvalue weighted by Crippen LogP contribution is -2.14. The van der Waals surface area contributed by atoms with Gasteiger partial charge in [-0.25, -0.2) is 9.97 Å². The molecule has 106 valence electrons. The van der Waals surface area contributed by atoms with Crippen LogP contribution in [0.5, 0.6) is 0 Å². The number of anilines is 1. The van der Waals surface area contributed by atoms with Crippen LogP contribution >= 0.6 is 33.9 Å². The van der Waals surface area contributed by atoms with Crippen LogP contribution in [-0.2, 0) is 0 Å². The SMILES string of the molecule is Cc1nccn1-c1ncccc1NC(=O)c1csc(I)c1. The third-order valence-corrected chi connectivity index (χ3v) is 4.71. The quantitative estimate of drug-likeness (QED) is 0.673. The second kappa shape index (κ2) is 5.94. The average molecular weight is 410 g/mol. The summed E-state index contributed by atoms with van der Waals surface area (Å²) in [6, 6.07) is 5.48. The number of nitrogens with zero attached hydrogens (tertiary/aromatic N) is 3. The number of aromatic nitrogens is 3. The normalized spacial score (nSPS) is 10.6. The smallest absolute Gasteiger partial charge is 0.256 e. The lowest BCUT2D eigenvalue weighted by molar-refractivity contribution is 0.102. The number of thiophene rings is 1. The standard InChI is InChI=1S/C14H11IN4OS/c1-9-16-5-6-19(9)13-11(3-2-4-17-13)18-14(20)10-7-12(15)21-8-10/h2-8H,1H3,(H,18,20). The molecule has 3 aromatic heterocycles. The molecule has 0 aromatic carbocycles. The van der Waals surface area contributed by atoms with Gasteiger partial charge in [0.2, 0.25) is 0 Å². The molecule has 0 aliphatic carbocycles. The molecular formula is C14H11IN4OS. The molecule has 0 radical (unpaired) electrons. The summed E-state index contributed by atoms with van der Waals surface area (Å²) in [5.41, 5.74) is 1.31. The summed E-state index contributed by atoms with van der Waals surface area (Å²) in [4.78, 5) is 20.8. The Labute approximate surface area is 139 Å². The van der Waals surface area contributed by atoms with E-state index in [4.69, 9.17) is 0 Å². The second-order valence-electron chi connectivity index (χ2n) is 4.31. The average Bonchev–Trinajstić information content (AvgIpc) is 3.08. The van der Waals surface area contributed by atoms with Crippen molar-refractivity contribution in [1.29, 1.82) is 0 Å². The molecule has 0 spiro atoms. The van der Waals surface area contributed by atoms with Crippen LogP contribution in [0.4, 0.5) is 5.69 Å². The van der Waals surface area contributed by atoms with Crippen LogP contribution < -0.4 is 5.32 Å². The molecule has 0 atom stereocenters. The third kappa shape index (κ3) is 2.98. The fourth-order valence-electron chi connectivity index (χ4n) is 1.91. The minimum atomic E-state index is -0.138. The van der Waals surface area contributed by atoms with E-state index in [1.165, 1.54) is 0 Å². The maximum atomic E-state index is 12.3. The topological polar surface area (TPSA) is 59.8 Å². The number of halogens is 1. The maximum absolute atomic E-state index is 12.3. The Morgan fingerprint density at radius 1 is 1.38 bits per heavy atom. The van der Waals surface area contributed by atoms with Gasteiger partial charge in [-0.2, -0.15) is 0 Å². The van der Waals surface area contributed by atoms with E-state index < -0.39 is 0 Å². The Balaban J connectivity index is 1.93. The summed E-state index contributed by atoms with van der Waals surface area (Å²) in [5, 5.41) is 4.75. The van der Waals surface area contributed by atoms with Crippen LogP contribution in [0.1, 0.15) is 16.2 Å². The van der Waals surface area contributed by atoms with E-state index in [0.29, 0.717) is 17.1 Å². The zero-order valence-electron chi connectivity index (χ0n) is 11.1. The zero-order chi connectivity index (χ0) is 14.8. The van der Waals surface area contributed by atoms with Gasteiger partial charge >= 0.3 is 0 Å². The number of hydrogen-bond acceptors (Lipinski definition) is 4. The van der Waals surface area contributed by atoms with Crippen molar-refractivity contribution in [2.24, 2.45) is 0 Å². The Kier molecular flexibility index (Phi) is 4.02. The van der Waals surface area contributed by atoms with E-state index in [9.17, 15) is 4.79 Å². The minimum Gasteiger partial charge on any atom is -0.319 e. The van der Waals surface area contributed by atoms with Crippen molar-refractivity contribution in [2.75, 3.05) is 5.32 Å². The first-order chi connectivity index (χ1) is 10.1. The van der Waals surface area contributed by atoms with Crippen molar-refractivity contribution < 1.29 is 4.79 Å². The monoisotopic (exact) mass is 410 g/mol. The van der Waals surface area contributed by atoms with Gasteiger partial charge in [-0.1, -0.05) is 0 Å². The molecule has 7 heteroatoms. The molecule has 3 heterocycles. The van der Waals surface area contributed by atoms with Gasteiger partial charge in [0.1, 0.15) is 5.82 Å². The largest absolute Gasteiger partial charge is 0.319 e. The highest BCUT2D eigenvalue weighted by atomic mass is 127. The van der Waals surface area contributed by atoms with Gasteiger partial charge in [-0.05, 0) is 47.7 Å². The molecule has 3 aromatic rings. The van der Waals surface area contributed by atoms with E-state index in [-0.39, 0.29) is 5.91 Å². The fourth-order valence-corrected chi connectivity index (χ4v) is 3.24. The highest BCUT2D eigenvalue weighted by Crippen LogP contribution is 2.21. The van der Waals surface area contributed by atoms with Crippen molar-refractivity contribution in [3.05, 3.63) is 56.4 Å². The van der Waals surface area contributed by atoms with Crippen LogP contribution in [-0.4, -0.2) is 20.4 Å². The highest BCUT2D eigenvalue weighted by molar-refractivity contribution is 14.1. The molecule has 0 saturated carbocycles. The van der Waals surface area contributed by atoms with E-state index in [1.807, 2.05) is 35.2 Å². The van der Waals surface area contributed by atoms with Gasteiger partial charge in [0.15, 0.2) is 5.82 Å². The molecule has 21 heavy (non-hydrogen) atoms. The number of hydrogen-bond donors (Lipinski definition) is 1. The minimum absolute atomic E-state index is 0.138. The molecule has 0 bridgehead atoms. The van der Waals surface area contributed by atoms with Crippen LogP contribution in [0.3, 0.4) is 0 Å².